The Hall–Kier alpha value is -1.85. The van der Waals surface area contributed by atoms with Crippen LogP contribution in [0.2, 0.25) is 10.0 Å². The van der Waals surface area contributed by atoms with Crippen molar-refractivity contribution in [1.29, 1.82) is 0 Å². The van der Waals surface area contributed by atoms with Gasteiger partial charge in [-0.2, -0.15) is 13.2 Å². The van der Waals surface area contributed by atoms with E-state index in [-0.39, 0.29) is 6.54 Å². The van der Waals surface area contributed by atoms with E-state index >= 15 is 0 Å². The van der Waals surface area contributed by atoms with Crippen LogP contribution in [0.1, 0.15) is 18.2 Å². The Bertz CT molecular complexity index is 919. The van der Waals surface area contributed by atoms with E-state index in [1.807, 2.05) is 6.92 Å². The van der Waals surface area contributed by atoms with Gasteiger partial charge in [0, 0.05) is 27.5 Å². The molecule has 1 aromatic heterocycles. The van der Waals surface area contributed by atoms with E-state index in [0.717, 1.165) is 6.07 Å². The standard InChI is InChI=1S/C18H14Cl2F3NO/c1-2-25-14-5-6-16-12(7-14)8-17(18(21,22)23)24(16)10-11-3-4-13(19)9-15(11)20/h3-9H,2,10H2,1H3. The summed E-state index contributed by atoms with van der Waals surface area (Å²) < 4.78 is 47.1. The van der Waals surface area contributed by atoms with Gasteiger partial charge in [0.15, 0.2) is 0 Å². The molecular formula is C18H14Cl2F3NO. The van der Waals surface area contributed by atoms with E-state index in [1.165, 1.54) is 10.6 Å². The van der Waals surface area contributed by atoms with Crippen molar-refractivity contribution in [2.45, 2.75) is 19.6 Å². The average Bonchev–Trinajstić information content (AvgIpc) is 2.88. The summed E-state index contributed by atoms with van der Waals surface area (Å²) in [6.07, 6.45) is -4.48. The van der Waals surface area contributed by atoms with E-state index in [4.69, 9.17) is 27.9 Å². The number of ether oxygens (including phenoxy) is 1. The fourth-order valence-corrected chi connectivity index (χ4v) is 3.20. The van der Waals surface area contributed by atoms with Gasteiger partial charge in [0.1, 0.15) is 11.4 Å². The highest BCUT2D eigenvalue weighted by Gasteiger charge is 2.35. The second kappa shape index (κ2) is 6.81. The number of fused-ring (bicyclic) bond motifs is 1. The Morgan fingerprint density at radius 3 is 2.44 bits per heavy atom. The molecule has 0 unspecified atom stereocenters. The molecule has 0 amide bonds. The zero-order chi connectivity index (χ0) is 18.2. The zero-order valence-electron chi connectivity index (χ0n) is 13.2. The van der Waals surface area contributed by atoms with Gasteiger partial charge in [-0.1, -0.05) is 29.3 Å². The first-order chi connectivity index (χ1) is 11.8. The van der Waals surface area contributed by atoms with Gasteiger partial charge in [0.05, 0.1) is 6.61 Å². The molecule has 0 atom stereocenters. The van der Waals surface area contributed by atoms with Crippen LogP contribution in [0.4, 0.5) is 13.2 Å². The number of alkyl halides is 3. The lowest BCUT2D eigenvalue weighted by atomic mass is 10.2. The number of aromatic nitrogens is 1. The van der Waals surface area contributed by atoms with Crippen LogP contribution in [0.3, 0.4) is 0 Å². The molecule has 132 valence electrons. The molecule has 0 fully saturated rings. The molecule has 0 aliphatic carbocycles. The summed E-state index contributed by atoms with van der Waals surface area (Å²) in [6, 6.07) is 10.8. The summed E-state index contributed by atoms with van der Waals surface area (Å²) in [7, 11) is 0. The minimum atomic E-state index is -4.48. The van der Waals surface area contributed by atoms with E-state index in [0.29, 0.717) is 38.9 Å². The van der Waals surface area contributed by atoms with Crippen molar-refractivity contribution >= 4 is 34.1 Å². The Morgan fingerprint density at radius 2 is 1.80 bits per heavy atom. The number of benzene rings is 2. The van der Waals surface area contributed by atoms with E-state index in [2.05, 4.69) is 0 Å². The molecule has 1 heterocycles. The maximum atomic E-state index is 13.5. The van der Waals surface area contributed by atoms with Gasteiger partial charge in [-0.15, -0.1) is 0 Å². The van der Waals surface area contributed by atoms with Crippen LogP contribution in [-0.2, 0) is 12.7 Å². The first kappa shape index (κ1) is 18.0. The van der Waals surface area contributed by atoms with Crippen molar-refractivity contribution in [1.82, 2.24) is 4.57 Å². The predicted octanol–water partition coefficient (Wildman–Crippen LogP) is 6.41. The second-order valence-electron chi connectivity index (χ2n) is 5.50. The third-order valence-corrected chi connectivity index (χ3v) is 4.40. The normalized spacial score (nSPS) is 11.9. The molecular weight excluding hydrogens is 374 g/mol. The molecule has 0 N–H and O–H groups in total. The first-order valence-corrected chi connectivity index (χ1v) is 8.32. The predicted molar refractivity (Wildman–Crippen MR) is 93.7 cm³/mol. The third-order valence-electron chi connectivity index (χ3n) is 3.82. The molecule has 7 heteroatoms. The topological polar surface area (TPSA) is 14.2 Å². The number of halogens is 5. The van der Waals surface area contributed by atoms with Crippen LogP contribution in [0.25, 0.3) is 10.9 Å². The number of rotatable bonds is 4. The summed E-state index contributed by atoms with van der Waals surface area (Å²) in [5.41, 5.74) is 0.284. The van der Waals surface area contributed by atoms with Crippen molar-refractivity contribution in [2.75, 3.05) is 6.61 Å². The highest BCUT2D eigenvalue weighted by molar-refractivity contribution is 6.35. The van der Waals surface area contributed by atoms with Crippen molar-refractivity contribution in [3.8, 4) is 5.75 Å². The molecule has 0 spiro atoms. The monoisotopic (exact) mass is 387 g/mol. The van der Waals surface area contributed by atoms with Gasteiger partial charge >= 0.3 is 6.18 Å². The fraction of sp³-hybridized carbons (Fsp3) is 0.222. The molecule has 2 nitrogen and oxygen atoms in total. The third kappa shape index (κ3) is 3.72. The molecule has 0 radical (unpaired) electrons. The molecule has 0 saturated heterocycles. The van der Waals surface area contributed by atoms with Gasteiger partial charge in [-0.05, 0) is 48.9 Å². The zero-order valence-corrected chi connectivity index (χ0v) is 14.7. The summed E-state index contributed by atoms with van der Waals surface area (Å²) in [5, 5.41) is 1.22. The van der Waals surface area contributed by atoms with Crippen molar-refractivity contribution < 1.29 is 17.9 Å². The van der Waals surface area contributed by atoms with Gasteiger partial charge in [0.2, 0.25) is 0 Å². The quantitative estimate of drug-likeness (QED) is 0.504. The lowest BCUT2D eigenvalue weighted by molar-refractivity contribution is -0.143. The van der Waals surface area contributed by atoms with Crippen molar-refractivity contribution in [2.24, 2.45) is 0 Å². The summed E-state index contributed by atoms with van der Waals surface area (Å²) in [4.78, 5) is 0. The fourth-order valence-electron chi connectivity index (χ4n) is 2.73. The Labute approximate surface area is 152 Å². The number of hydrogen-bond donors (Lipinski definition) is 0. The first-order valence-electron chi connectivity index (χ1n) is 7.57. The molecule has 2 aromatic carbocycles. The molecule has 25 heavy (non-hydrogen) atoms. The molecule has 0 bridgehead atoms. The maximum Gasteiger partial charge on any atom is 0.431 e. The average molecular weight is 388 g/mol. The van der Waals surface area contributed by atoms with Crippen LogP contribution in [0.15, 0.2) is 42.5 Å². The van der Waals surface area contributed by atoms with Crippen molar-refractivity contribution in [3.05, 3.63) is 63.8 Å². The summed E-state index contributed by atoms with van der Waals surface area (Å²) in [5.74, 6) is 0.533. The number of hydrogen-bond acceptors (Lipinski definition) is 1. The molecule has 0 aliphatic heterocycles. The van der Waals surface area contributed by atoms with Gasteiger partial charge < -0.3 is 9.30 Å². The molecule has 0 saturated carbocycles. The van der Waals surface area contributed by atoms with E-state index in [1.54, 1.807) is 30.3 Å². The van der Waals surface area contributed by atoms with Crippen LogP contribution >= 0.6 is 23.2 Å². The molecule has 0 aliphatic rings. The van der Waals surface area contributed by atoms with E-state index < -0.39 is 11.9 Å². The van der Waals surface area contributed by atoms with Crippen LogP contribution in [0.5, 0.6) is 5.75 Å². The Kier molecular flexibility index (Phi) is 4.89. The van der Waals surface area contributed by atoms with Gasteiger partial charge in [-0.3, -0.25) is 0 Å². The van der Waals surface area contributed by atoms with Gasteiger partial charge in [-0.25, -0.2) is 0 Å². The Balaban J connectivity index is 2.13. The largest absolute Gasteiger partial charge is 0.494 e. The molecule has 3 aromatic rings. The van der Waals surface area contributed by atoms with Gasteiger partial charge in [0.25, 0.3) is 0 Å². The van der Waals surface area contributed by atoms with Crippen LogP contribution < -0.4 is 4.74 Å². The summed E-state index contributed by atoms with van der Waals surface area (Å²) in [6.45, 7) is 2.25. The molecule has 3 rings (SSSR count). The Morgan fingerprint density at radius 1 is 1.04 bits per heavy atom. The number of nitrogens with zero attached hydrogens (tertiary/aromatic N) is 1. The lowest BCUT2D eigenvalue weighted by Gasteiger charge is -2.14. The summed E-state index contributed by atoms with van der Waals surface area (Å²) >= 11 is 12.0. The SMILES string of the molecule is CCOc1ccc2c(c1)cc(C(F)(F)F)n2Cc1ccc(Cl)cc1Cl. The smallest absolute Gasteiger partial charge is 0.431 e. The highest BCUT2D eigenvalue weighted by atomic mass is 35.5. The minimum absolute atomic E-state index is 0.0116. The van der Waals surface area contributed by atoms with E-state index in [9.17, 15) is 13.2 Å². The van der Waals surface area contributed by atoms with Crippen LogP contribution in [-0.4, -0.2) is 11.2 Å². The maximum absolute atomic E-state index is 13.5. The van der Waals surface area contributed by atoms with Crippen molar-refractivity contribution in [3.63, 3.8) is 0 Å². The minimum Gasteiger partial charge on any atom is -0.494 e. The van der Waals surface area contributed by atoms with Crippen LogP contribution in [0, 0.1) is 0 Å². The lowest BCUT2D eigenvalue weighted by Crippen LogP contribution is -2.14. The second-order valence-corrected chi connectivity index (χ2v) is 6.35. The highest BCUT2D eigenvalue weighted by Crippen LogP contribution is 2.36.